The molecule has 4 rings (SSSR count). The molecule has 1 aromatic carbocycles. The Hall–Kier alpha value is -2.05. The normalized spacial score (nSPS) is 21.5. The molecular formula is C22H30N5S+. The van der Waals surface area contributed by atoms with Crippen molar-refractivity contribution in [2.24, 2.45) is 5.92 Å². The van der Waals surface area contributed by atoms with Crippen molar-refractivity contribution < 1.29 is 4.90 Å². The molecule has 3 aromatic rings. The second kappa shape index (κ2) is 8.13. The van der Waals surface area contributed by atoms with Gasteiger partial charge in [-0.1, -0.05) is 36.4 Å². The lowest BCUT2D eigenvalue weighted by Gasteiger charge is -2.34. The number of hydrogen-bond acceptors (Lipinski definition) is 4. The number of likely N-dealkylation sites (tertiary alicyclic amines) is 1. The summed E-state index contributed by atoms with van der Waals surface area (Å²) in [7, 11) is 0. The van der Waals surface area contributed by atoms with Crippen LogP contribution in [0.4, 0.5) is 0 Å². The topological polar surface area (TPSA) is 48.0 Å². The highest BCUT2D eigenvalue weighted by Gasteiger charge is 2.37. The first-order valence-corrected chi connectivity index (χ1v) is 11.1. The molecule has 0 unspecified atom stereocenters. The summed E-state index contributed by atoms with van der Waals surface area (Å²) in [6.45, 7) is 8.83. The third-order valence-corrected chi connectivity index (χ3v) is 6.67. The van der Waals surface area contributed by atoms with Gasteiger partial charge in [0.05, 0.1) is 23.5 Å². The van der Waals surface area contributed by atoms with Crippen LogP contribution in [0.2, 0.25) is 0 Å². The van der Waals surface area contributed by atoms with Gasteiger partial charge in [-0.25, -0.2) is 4.68 Å². The van der Waals surface area contributed by atoms with Crippen molar-refractivity contribution in [2.75, 3.05) is 13.1 Å². The van der Waals surface area contributed by atoms with Crippen molar-refractivity contribution >= 4 is 11.3 Å². The Kier molecular flexibility index (Phi) is 5.60. The molecule has 1 atom stereocenters. The van der Waals surface area contributed by atoms with Gasteiger partial charge in [0.15, 0.2) is 6.04 Å². The molecule has 0 saturated carbocycles. The maximum atomic E-state index is 4.49. The Morgan fingerprint density at radius 1 is 1.11 bits per heavy atom. The van der Waals surface area contributed by atoms with E-state index in [9.17, 15) is 0 Å². The molecule has 0 radical (unpaired) electrons. The fourth-order valence-corrected chi connectivity index (χ4v) is 5.19. The lowest BCUT2D eigenvalue weighted by molar-refractivity contribution is -0.932. The maximum absolute atomic E-state index is 4.49. The molecule has 1 fully saturated rings. The van der Waals surface area contributed by atoms with Gasteiger partial charge in [0.25, 0.3) is 0 Å². The largest absolute Gasteiger partial charge is 0.322 e. The Balaban J connectivity index is 1.53. The minimum atomic E-state index is -0.126. The number of aromatic nitrogens is 4. The van der Waals surface area contributed by atoms with E-state index in [-0.39, 0.29) is 11.6 Å². The molecule has 1 saturated heterocycles. The molecule has 0 bridgehead atoms. The van der Waals surface area contributed by atoms with Crippen LogP contribution in [0.25, 0.3) is 0 Å². The Bertz CT molecular complexity index is 858. The quantitative estimate of drug-likeness (QED) is 0.721. The van der Waals surface area contributed by atoms with Gasteiger partial charge in [-0.3, -0.25) is 0 Å². The number of benzene rings is 1. The van der Waals surface area contributed by atoms with Crippen molar-refractivity contribution in [3.63, 3.8) is 0 Å². The summed E-state index contributed by atoms with van der Waals surface area (Å²) < 4.78 is 2.01. The van der Waals surface area contributed by atoms with Crippen molar-refractivity contribution in [3.05, 3.63) is 64.1 Å². The minimum Gasteiger partial charge on any atom is -0.322 e. The van der Waals surface area contributed by atoms with Crippen LogP contribution in [0.5, 0.6) is 0 Å². The Morgan fingerprint density at radius 3 is 2.50 bits per heavy atom. The van der Waals surface area contributed by atoms with Gasteiger partial charge in [-0.2, -0.15) is 0 Å². The molecule has 148 valence electrons. The molecule has 5 nitrogen and oxygen atoms in total. The number of rotatable bonds is 5. The van der Waals surface area contributed by atoms with Gasteiger partial charge < -0.3 is 4.90 Å². The number of quaternary nitrogens is 1. The molecule has 0 aliphatic carbocycles. The van der Waals surface area contributed by atoms with Gasteiger partial charge in [0.2, 0.25) is 5.82 Å². The van der Waals surface area contributed by atoms with Gasteiger partial charge in [-0.05, 0) is 73.4 Å². The highest BCUT2D eigenvalue weighted by Crippen LogP contribution is 2.26. The predicted octanol–water partition coefficient (Wildman–Crippen LogP) is 3.12. The summed E-state index contributed by atoms with van der Waals surface area (Å²) in [6.07, 6.45) is 3.70. The average Bonchev–Trinajstić information content (AvgIpc) is 3.37. The third kappa shape index (κ3) is 4.18. The van der Waals surface area contributed by atoms with E-state index in [1.165, 1.54) is 29.7 Å². The van der Waals surface area contributed by atoms with Crippen LogP contribution >= 0.6 is 11.3 Å². The van der Waals surface area contributed by atoms with E-state index in [2.05, 4.69) is 84.1 Å². The molecular weight excluding hydrogens is 366 g/mol. The van der Waals surface area contributed by atoms with Crippen LogP contribution < -0.4 is 4.90 Å². The summed E-state index contributed by atoms with van der Waals surface area (Å²) in [6, 6.07) is 15.5. The summed E-state index contributed by atoms with van der Waals surface area (Å²) >= 11 is 1.82. The molecule has 3 heterocycles. The summed E-state index contributed by atoms with van der Waals surface area (Å²) in [5.74, 6) is 1.76. The molecule has 1 N–H and O–H groups in total. The third-order valence-electron chi connectivity index (χ3n) is 5.74. The van der Waals surface area contributed by atoms with Crippen LogP contribution in [0.1, 0.15) is 55.9 Å². The van der Waals surface area contributed by atoms with Crippen molar-refractivity contribution in [2.45, 2.75) is 51.6 Å². The fraction of sp³-hybridized carbons (Fsp3) is 0.500. The molecule has 28 heavy (non-hydrogen) atoms. The van der Waals surface area contributed by atoms with E-state index in [0.29, 0.717) is 0 Å². The number of tetrazole rings is 1. The lowest BCUT2D eigenvalue weighted by Crippen LogP contribution is -3.13. The SMILES string of the molecule is CC(C)(C)n1nnnc1[C@H](c1cccs1)[NH+]1CCC(Cc2ccccc2)CC1. The van der Waals surface area contributed by atoms with Crippen LogP contribution in [0, 0.1) is 5.92 Å². The first-order valence-electron chi connectivity index (χ1n) is 10.2. The average molecular weight is 397 g/mol. The second-order valence-electron chi connectivity index (χ2n) is 8.86. The van der Waals surface area contributed by atoms with Crippen molar-refractivity contribution in [3.8, 4) is 0 Å². The molecule has 2 aromatic heterocycles. The minimum absolute atomic E-state index is 0.126. The molecule has 1 aliphatic rings. The molecule has 0 spiro atoms. The monoisotopic (exact) mass is 396 g/mol. The van der Waals surface area contributed by atoms with E-state index in [1.807, 2.05) is 16.0 Å². The van der Waals surface area contributed by atoms with Crippen LogP contribution in [0.15, 0.2) is 47.8 Å². The van der Waals surface area contributed by atoms with Crippen molar-refractivity contribution in [1.82, 2.24) is 20.2 Å². The number of thiophene rings is 1. The highest BCUT2D eigenvalue weighted by molar-refractivity contribution is 7.10. The fourth-order valence-electron chi connectivity index (χ4n) is 4.31. The Labute approximate surface area is 171 Å². The van der Waals surface area contributed by atoms with E-state index in [1.54, 1.807) is 4.90 Å². The maximum Gasteiger partial charge on any atom is 0.215 e. The first-order chi connectivity index (χ1) is 13.5. The van der Waals surface area contributed by atoms with E-state index in [0.717, 1.165) is 24.8 Å². The van der Waals surface area contributed by atoms with Gasteiger partial charge in [-0.15, -0.1) is 16.4 Å². The van der Waals surface area contributed by atoms with Crippen LogP contribution in [-0.4, -0.2) is 33.3 Å². The summed E-state index contributed by atoms with van der Waals surface area (Å²) in [5.41, 5.74) is 1.34. The predicted molar refractivity (Wildman–Crippen MR) is 113 cm³/mol. The lowest BCUT2D eigenvalue weighted by atomic mass is 9.89. The van der Waals surface area contributed by atoms with Gasteiger partial charge in [0, 0.05) is 0 Å². The number of nitrogens with one attached hydrogen (secondary N) is 1. The standard InChI is InChI=1S/C22H29N5S/c1-22(2,3)27-21(23-24-25-27)20(19-10-7-15-28-19)26-13-11-18(12-14-26)16-17-8-5-4-6-9-17/h4-10,15,18,20H,11-14,16H2,1-3H3/p+1/t20-/m0/s1. The summed E-state index contributed by atoms with van der Waals surface area (Å²) in [5, 5.41) is 15.0. The van der Waals surface area contributed by atoms with Crippen LogP contribution in [0.3, 0.4) is 0 Å². The number of piperidine rings is 1. The van der Waals surface area contributed by atoms with Crippen molar-refractivity contribution in [1.29, 1.82) is 0 Å². The Morgan fingerprint density at radius 2 is 1.86 bits per heavy atom. The van der Waals surface area contributed by atoms with E-state index >= 15 is 0 Å². The zero-order valence-corrected chi connectivity index (χ0v) is 17.8. The smallest absolute Gasteiger partial charge is 0.215 e. The zero-order chi connectivity index (χ0) is 19.6. The van der Waals surface area contributed by atoms with Gasteiger partial charge >= 0.3 is 0 Å². The highest BCUT2D eigenvalue weighted by atomic mass is 32.1. The number of nitrogens with zero attached hydrogens (tertiary/aromatic N) is 4. The molecule has 0 amide bonds. The summed E-state index contributed by atoms with van der Waals surface area (Å²) in [4.78, 5) is 2.95. The number of hydrogen-bond donors (Lipinski definition) is 1. The first kappa shape index (κ1) is 19.3. The van der Waals surface area contributed by atoms with E-state index < -0.39 is 0 Å². The second-order valence-corrected chi connectivity index (χ2v) is 9.84. The van der Waals surface area contributed by atoms with Gasteiger partial charge in [0.1, 0.15) is 0 Å². The molecule has 6 heteroatoms. The van der Waals surface area contributed by atoms with Crippen LogP contribution in [-0.2, 0) is 12.0 Å². The van der Waals surface area contributed by atoms with E-state index in [4.69, 9.17) is 0 Å². The zero-order valence-electron chi connectivity index (χ0n) is 17.0. The molecule has 1 aliphatic heterocycles.